The number of likely N-dealkylation sites (tertiary alicyclic amines) is 1. The molecule has 0 saturated carbocycles. The third kappa shape index (κ3) is 2.90. The van der Waals surface area contributed by atoms with E-state index in [2.05, 4.69) is 38.0 Å². The standard InChI is InChI=1S/C14H19BrN4O3/c1-18-6-10(20-2)4-9(18)8-22-14-12(21-3)7-19-13(17-14)11(15)5-16-19/h5,7,9-10H,4,6,8H2,1-3H3/t9-,10+/m0/s1. The molecule has 3 rings (SSSR count). The van der Waals surface area contributed by atoms with Gasteiger partial charge < -0.3 is 14.2 Å². The average molecular weight is 371 g/mol. The lowest BCUT2D eigenvalue weighted by molar-refractivity contribution is 0.111. The highest BCUT2D eigenvalue weighted by molar-refractivity contribution is 9.10. The van der Waals surface area contributed by atoms with E-state index >= 15 is 0 Å². The maximum atomic E-state index is 5.91. The Morgan fingerprint density at radius 1 is 1.41 bits per heavy atom. The van der Waals surface area contributed by atoms with Crippen LogP contribution in [0.3, 0.4) is 0 Å². The number of hydrogen-bond donors (Lipinski definition) is 0. The van der Waals surface area contributed by atoms with E-state index < -0.39 is 0 Å². The van der Waals surface area contributed by atoms with Crippen LogP contribution in [-0.4, -0.2) is 66.1 Å². The summed E-state index contributed by atoms with van der Waals surface area (Å²) in [5.74, 6) is 1.04. The van der Waals surface area contributed by atoms with Crippen LogP contribution in [0.4, 0.5) is 0 Å². The molecule has 2 aromatic heterocycles. The fraction of sp³-hybridized carbons (Fsp3) is 0.571. The number of halogens is 1. The van der Waals surface area contributed by atoms with Gasteiger partial charge >= 0.3 is 0 Å². The van der Waals surface area contributed by atoms with Crippen molar-refractivity contribution in [3.63, 3.8) is 0 Å². The lowest BCUT2D eigenvalue weighted by Crippen LogP contribution is -2.30. The molecule has 0 unspecified atom stereocenters. The predicted molar refractivity (Wildman–Crippen MR) is 84.6 cm³/mol. The summed E-state index contributed by atoms with van der Waals surface area (Å²) in [6.07, 6.45) is 4.67. The van der Waals surface area contributed by atoms with Gasteiger partial charge in [-0.1, -0.05) is 0 Å². The van der Waals surface area contributed by atoms with Crippen LogP contribution in [0, 0.1) is 0 Å². The van der Waals surface area contributed by atoms with Crippen molar-refractivity contribution in [1.29, 1.82) is 0 Å². The van der Waals surface area contributed by atoms with E-state index in [0.717, 1.165) is 17.4 Å². The van der Waals surface area contributed by atoms with Crippen LogP contribution in [0.25, 0.3) is 5.65 Å². The Balaban J connectivity index is 1.77. The second-order valence-electron chi connectivity index (χ2n) is 5.37. The molecule has 7 nitrogen and oxygen atoms in total. The van der Waals surface area contributed by atoms with Gasteiger partial charge in [0.05, 0.1) is 30.1 Å². The first kappa shape index (κ1) is 15.5. The third-order valence-electron chi connectivity index (χ3n) is 4.00. The van der Waals surface area contributed by atoms with E-state index in [1.54, 1.807) is 31.1 Å². The predicted octanol–water partition coefficient (Wildman–Crippen LogP) is 1.60. The van der Waals surface area contributed by atoms with Crippen molar-refractivity contribution < 1.29 is 14.2 Å². The molecular formula is C14H19BrN4O3. The van der Waals surface area contributed by atoms with E-state index in [1.807, 2.05) is 0 Å². The van der Waals surface area contributed by atoms with Crippen molar-refractivity contribution in [3.8, 4) is 11.6 Å². The van der Waals surface area contributed by atoms with Crippen molar-refractivity contribution >= 4 is 21.6 Å². The summed E-state index contributed by atoms with van der Waals surface area (Å²) >= 11 is 3.42. The first-order valence-electron chi connectivity index (χ1n) is 7.06. The molecule has 0 amide bonds. The molecule has 0 bridgehead atoms. The Hall–Kier alpha value is -1.38. The summed E-state index contributed by atoms with van der Waals surface area (Å²) < 4.78 is 19.1. The number of rotatable bonds is 5. The minimum atomic E-state index is 0.264. The molecule has 2 aromatic rings. The molecule has 2 atom stereocenters. The van der Waals surface area contributed by atoms with Gasteiger partial charge in [0.1, 0.15) is 6.61 Å². The van der Waals surface area contributed by atoms with Gasteiger partial charge in [-0.05, 0) is 29.4 Å². The Morgan fingerprint density at radius 2 is 2.23 bits per heavy atom. The van der Waals surface area contributed by atoms with Gasteiger partial charge in [0.2, 0.25) is 0 Å². The van der Waals surface area contributed by atoms with Gasteiger partial charge in [-0.2, -0.15) is 10.1 Å². The number of likely N-dealkylation sites (N-methyl/N-ethyl adjacent to an activating group) is 1. The number of fused-ring (bicyclic) bond motifs is 1. The van der Waals surface area contributed by atoms with E-state index in [9.17, 15) is 0 Å². The van der Waals surface area contributed by atoms with Crippen LogP contribution in [0.15, 0.2) is 16.9 Å². The molecule has 8 heteroatoms. The van der Waals surface area contributed by atoms with Gasteiger partial charge in [0.15, 0.2) is 11.4 Å². The highest BCUT2D eigenvalue weighted by Crippen LogP contribution is 2.28. The number of hydrogen-bond acceptors (Lipinski definition) is 6. The third-order valence-corrected chi connectivity index (χ3v) is 4.56. The molecule has 1 aliphatic heterocycles. The highest BCUT2D eigenvalue weighted by atomic mass is 79.9. The Morgan fingerprint density at radius 3 is 2.91 bits per heavy atom. The molecule has 120 valence electrons. The number of aromatic nitrogens is 3. The van der Waals surface area contributed by atoms with Crippen molar-refractivity contribution in [3.05, 3.63) is 16.9 Å². The Labute approximate surface area is 137 Å². The van der Waals surface area contributed by atoms with E-state index in [-0.39, 0.29) is 6.10 Å². The van der Waals surface area contributed by atoms with Crippen LogP contribution < -0.4 is 9.47 Å². The summed E-state index contributed by atoms with van der Waals surface area (Å²) in [4.78, 5) is 6.73. The monoisotopic (exact) mass is 370 g/mol. The highest BCUT2D eigenvalue weighted by Gasteiger charge is 2.30. The number of ether oxygens (including phenoxy) is 3. The minimum Gasteiger partial charge on any atom is -0.490 e. The zero-order valence-electron chi connectivity index (χ0n) is 12.8. The van der Waals surface area contributed by atoms with E-state index in [4.69, 9.17) is 14.2 Å². The van der Waals surface area contributed by atoms with Gasteiger partial charge in [0.25, 0.3) is 5.88 Å². The fourth-order valence-electron chi connectivity index (χ4n) is 2.66. The van der Waals surface area contributed by atoms with Crippen LogP contribution in [0.2, 0.25) is 0 Å². The van der Waals surface area contributed by atoms with Crippen LogP contribution >= 0.6 is 15.9 Å². The summed E-state index contributed by atoms with van der Waals surface area (Å²) in [5.41, 5.74) is 0.699. The minimum absolute atomic E-state index is 0.264. The smallest absolute Gasteiger partial charge is 0.260 e. The zero-order valence-corrected chi connectivity index (χ0v) is 14.4. The molecule has 0 aromatic carbocycles. The maximum absolute atomic E-state index is 5.91. The maximum Gasteiger partial charge on any atom is 0.260 e. The quantitative estimate of drug-likeness (QED) is 0.796. The molecule has 1 aliphatic rings. The lowest BCUT2D eigenvalue weighted by atomic mass is 10.2. The SMILES string of the molecule is COc1cn2ncc(Br)c2nc1OC[C@@H]1C[C@@H](OC)CN1C. The number of nitrogens with zero attached hydrogens (tertiary/aromatic N) is 4. The molecular weight excluding hydrogens is 352 g/mol. The van der Waals surface area contributed by atoms with Gasteiger partial charge in [-0.3, -0.25) is 4.90 Å². The summed E-state index contributed by atoms with van der Waals surface area (Å²) in [5, 5.41) is 4.19. The Kier molecular flexibility index (Phi) is 4.51. The second-order valence-corrected chi connectivity index (χ2v) is 6.23. The molecule has 0 aliphatic carbocycles. The summed E-state index contributed by atoms with van der Waals surface area (Å²) in [7, 11) is 5.42. The number of methoxy groups -OCH3 is 2. The van der Waals surface area contributed by atoms with Crippen LogP contribution in [0.5, 0.6) is 11.6 Å². The first-order chi connectivity index (χ1) is 10.6. The fourth-order valence-corrected chi connectivity index (χ4v) is 3.03. The average Bonchev–Trinajstić information content (AvgIpc) is 3.07. The normalized spacial score (nSPS) is 22.4. The largest absolute Gasteiger partial charge is 0.490 e. The molecule has 3 heterocycles. The van der Waals surface area contributed by atoms with Crippen molar-refractivity contribution in [1.82, 2.24) is 19.5 Å². The van der Waals surface area contributed by atoms with Crippen molar-refractivity contribution in [2.75, 3.05) is 34.4 Å². The molecule has 0 N–H and O–H groups in total. The molecule has 1 fully saturated rings. The topological polar surface area (TPSA) is 61.1 Å². The second kappa shape index (κ2) is 6.39. The first-order valence-corrected chi connectivity index (χ1v) is 7.85. The summed E-state index contributed by atoms with van der Waals surface area (Å²) in [6.45, 7) is 1.46. The van der Waals surface area contributed by atoms with Crippen LogP contribution in [0.1, 0.15) is 6.42 Å². The summed E-state index contributed by atoms with van der Waals surface area (Å²) in [6, 6.07) is 0.307. The Bertz CT molecular complexity index is 663. The van der Waals surface area contributed by atoms with Crippen LogP contribution in [-0.2, 0) is 4.74 Å². The zero-order chi connectivity index (χ0) is 15.7. The van der Waals surface area contributed by atoms with Gasteiger partial charge in [0, 0.05) is 19.7 Å². The van der Waals surface area contributed by atoms with Crippen molar-refractivity contribution in [2.45, 2.75) is 18.6 Å². The van der Waals surface area contributed by atoms with Crippen molar-refractivity contribution in [2.24, 2.45) is 0 Å². The lowest BCUT2D eigenvalue weighted by Gasteiger charge is -2.19. The van der Waals surface area contributed by atoms with Gasteiger partial charge in [-0.15, -0.1) is 0 Å². The van der Waals surface area contributed by atoms with E-state index in [0.29, 0.717) is 29.9 Å². The molecule has 0 radical (unpaired) electrons. The van der Waals surface area contributed by atoms with Gasteiger partial charge in [-0.25, -0.2) is 4.52 Å². The molecule has 0 spiro atoms. The van der Waals surface area contributed by atoms with E-state index in [1.165, 1.54) is 0 Å². The molecule has 1 saturated heterocycles. The molecule has 22 heavy (non-hydrogen) atoms.